The van der Waals surface area contributed by atoms with Gasteiger partial charge in [0, 0.05) is 23.0 Å². The predicted molar refractivity (Wildman–Crippen MR) is 93.7 cm³/mol. The molecule has 0 spiro atoms. The first-order chi connectivity index (χ1) is 12.1. The molecule has 144 valence electrons. The van der Waals surface area contributed by atoms with Crippen molar-refractivity contribution >= 4 is 11.9 Å². The van der Waals surface area contributed by atoms with Crippen LogP contribution in [0, 0.1) is 17.3 Å². The summed E-state index contributed by atoms with van der Waals surface area (Å²) in [7, 11) is 0. The lowest BCUT2D eigenvalue weighted by Gasteiger charge is -2.57. The van der Waals surface area contributed by atoms with Gasteiger partial charge >= 0.3 is 11.9 Å². The molecular formula is C20H28O6. The molecule has 0 saturated heterocycles. The van der Waals surface area contributed by atoms with Crippen LogP contribution < -0.4 is 0 Å². The van der Waals surface area contributed by atoms with Crippen LogP contribution in [0.4, 0.5) is 0 Å². The van der Waals surface area contributed by atoms with Crippen molar-refractivity contribution in [2.45, 2.75) is 71.9 Å². The van der Waals surface area contributed by atoms with Gasteiger partial charge in [0.05, 0.1) is 11.7 Å². The van der Waals surface area contributed by atoms with Gasteiger partial charge in [0.25, 0.3) is 0 Å². The number of hydrogen-bond acceptors (Lipinski definition) is 6. The highest BCUT2D eigenvalue weighted by atomic mass is 16.7. The molecule has 1 heterocycles. The van der Waals surface area contributed by atoms with Gasteiger partial charge < -0.3 is 19.7 Å². The SMILES string of the molecule is C/C=C(\C)C(=O)O[C@H]1C2=C(C)C(=O)O[C@]2(O)C[C@H]2CC[C@H](O)[C@H](C)[C@]21C. The minimum atomic E-state index is -1.73. The number of carbonyl (C=O) groups excluding carboxylic acids is 2. The van der Waals surface area contributed by atoms with Crippen molar-refractivity contribution in [3.05, 3.63) is 22.8 Å². The van der Waals surface area contributed by atoms with Crippen LogP contribution in [0.3, 0.4) is 0 Å². The molecular weight excluding hydrogens is 336 g/mol. The van der Waals surface area contributed by atoms with Crippen molar-refractivity contribution in [2.24, 2.45) is 17.3 Å². The van der Waals surface area contributed by atoms with Gasteiger partial charge in [-0.1, -0.05) is 19.9 Å². The molecule has 2 N–H and O–H groups in total. The third kappa shape index (κ3) is 2.54. The van der Waals surface area contributed by atoms with Crippen LogP contribution in [-0.4, -0.2) is 40.1 Å². The van der Waals surface area contributed by atoms with E-state index in [1.165, 1.54) is 0 Å². The maximum atomic E-state index is 12.5. The molecule has 0 aromatic heterocycles. The molecule has 1 aliphatic heterocycles. The van der Waals surface area contributed by atoms with E-state index in [4.69, 9.17) is 9.47 Å². The van der Waals surface area contributed by atoms with E-state index >= 15 is 0 Å². The molecule has 0 amide bonds. The normalized spacial score (nSPS) is 42.9. The first kappa shape index (κ1) is 19.1. The Morgan fingerprint density at radius 1 is 1.38 bits per heavy atom. The molecule has 0 unspecified atom stereocenters. The number of hydrogen-bond donors (Lipinski definition) is 2. The zero-order chi connectivity index (χ0) is 19.4. The average Bonchev–Trinajstić information content (AvgIpc) is 2.81. The van der Waals surface area contributed by atoms with E-state index in [9.17, 15) is 19.8 Å². The van der Waals surface area contributed by atoms with Gasteiger partial charge in [0.2, 0.25) is 5.79 Å². The maximum Gasteiger partial charge on any atom is 0.336 e. The van der Waals surface area contributed by atoms with Gasteiger partial charge in [-0.05, 0) is 45.4 Å². The molecule has 6 heteroatoms. The standard InChI is InChI=1S/C20H28O6/c1-6-10(2)17(22)25-16-15-11(3)18(23)26-20(15,24)9-13-7-8-14(21)12(4)19(13,16)5/h6,12-14,16,21,24H,7-9H2,1-5H3/b10-6+/t12-,13+,14-,16-,19+,20+/m0/s1. The van der Waals surface area contributed by atoms with E-state index < -0.39 is 35.3 Å². The highest BCUT2D eigenvalue weighted by Gasteiger charge is 2.65. The summed E-state index contributed by atoms with van der Waals surface area (Å²) in [6.07, 6.45) is 1.85. The molecule has 6 atom stereocenters. The number of ether oxygens (including phenoxy) is 2. The lowest BCUT2D eigenvalue weighted by Crippen LogP contribution is -2.61. The average molecular weight is 364 g/mol. The Morgan fingerprint density at radius 3 is 2.65 bits per heavy atom. The van der Waals surface area contributed by atoms with E-state index in [2.05, 4.69) is 0 Å². The van der Waals surface area contributed by atoms with Crippen LogP contribution in [0.15, 0.2) is 22.8 Å². The minimum Gasteiger partial charge on any atom is -0.454 e. The van der Waals surface area contributed by atoms with Gasteiger partial charge in [-0.15, -0.1) is 0 Å². The highest BCUT2D eigenvalue weighted by molar-refractivity contribution is 5.93. The number of fused-ring (bicyclic) bond motifs is 2. The largest absolute Gasteiger partial charge is 0.454 e. The van der Waals surface area contributed by atoms with Crippen LogP contribution in [-0.2, 0) is 19.1 Å². The first-order valence-electron chi connectivity index (χ1n) is 9.25. The summed E-state index contributed by atoms with van der Waals surface area (Å²) in [6, 6.07) is 0. The van der Waals surface area contributed by atoms with Crippen molar-refractivity contribution in [2.75, 3.05) is 0 Å². The zero-order valence-corrected chi connectivity index (χ0v) is 16.0. The van der Waals surface area contributed by atoms with E-state index in [-0.39, 0.29) is 23.8 Å². The molecule has 2 fully saturated rings. The summed E-state index contributed by atoms with van der Waals surface area (Å²) in [4.78, 5) is 24.7. The van der Waals surface area contributed by atoms with E-state index in [1.807, 2.05) is 13.8 Å². The summed E-state index contributed by atoms with van der Waals surface area (Å²) in [5.41, 5.74) is 0.472. The number of aliphatic hydroxyl groups is 2. The van der Waals surface area contributed by atoms with Crippen LogP contribution in [0.1, 0.15) is 53.9 Å². The molecule has 2 saturated carbocycles. The summed E-state index contributed by atoms with van der Waals surface area (Å²) < 4.78 is 11.2. The summed E-state index contributed by atoms with van der Waals surface area (Å²) in [5, 5.41) is 21.6. The molecule has 3 rings (SSSR count). The molecule has 3 aliphatic rings. The Bertz CT molecular complexity index is 707. The fourth-order valence-electron chi connectivity index (χ4n) is 4.88. The second-order valence-electron chi connectivity index (χ2n) is 8.17. The van der Waals surface area contributed by atoms with Gasteiger partial charge in [-0.2, -0.15) is 0 Å². The molecule has 0 aromatic rings. The van der Waals surface area contributed by atoms with E-state index in [0.29, 0.717) is 24.0 Å². The number of aliphatic hydroxyl groups excluding tert-OH is 1. The smallest absolute Gasteiger partial charge is 0.336 e. The molecule has 6 nitrogen and oxygen atoms in total. The molecule has 0 bridgehead atoms. The van der Waals surface area contributed by atoms with Gasteiger partial charge in [0.15, 0.2) is 0 Å². The van der Waals surface area contributed by atoms with Crippen molar-refractivity contribution in [3.8, 4) is 0 Å². The van der Waals surface area contributed by atoms with Crippen molar-refractivity contribution in [3.63, 3.8) is 0 Å². The summed E-state index contributed by atoms with van der Waals surface area (Å²) in [6.45, 7) is 8.92. The maximum absolute atomic E-state index is 12.5. The Morgan fingerprint density at radius 2 is 2.04 bits per heavy atom. The third-order valence-corrected chi connectivity index (χ3v) is 6.97. The predicted octanol–water partition coefficient (Wildman–Crippen LogP) is 2.24. The van der Waals surface area contributed by atoms with Crippen LogP contribution in [0.25, 0.3) is 0 Å². The second-order valence-corrected chi connectivity index (χ2v) is 8.17. The van der Waals surface area contributed by atoms with Crippen LogP contribution in [0.5, 0.6) is 0 Å². The van der Waals surface area contributed by atoms with Crippen molar-refractivity contribution < 1.29 is 29.3 Å². The molecule has 0 radical (unpaired) electrons. The quantitative estimate of drug-likeness (QED) is 0.577. The van der Waals surface area contributed by atoms with E-state index in [0.717, 1.165) is 0 Å². The number of carbonyl (C=O) groups is 2. The Labute approximate surface area is 153 Å². The van der Waals surface area contributed by atoms with Crippen molar-refractivity contribution in [1.29, 1.82) is 0 Å². The Kier molecular flexibility index (Phi) is 4.56. The highest BCUT2D eigenvalue weighted by Crippen LogP contribution is 2.60. The molecule has 0 aromatic carbocycles. The topological polar surface area (TPSA) is 93.1 Å². The second kappa shape index (κ2) is 6.20. The fourth-order valence-corrected chi connectivity index (χ4v) is 4.88. The van der Waals surface area contributed by atoms with Gasteiger partial charge in [-0.3, -0.25) is 0 Å². The van der Waals surface area contributed by atoms with Gasteiger partial charge in [0.1, 0.15) is 6.10 Å². The molecule has 26 heavy (non-hydrogen) atoms. The van der Waals surface area contributed by atoms with Crippen molar-refractivity contribution in [1.82, 2.24) is 0 Å². The lowest BCUT2D eigenvalue weighted by molar-refractivity contribution is -0.232. The summed E-state index contributed by atoms with van der Waals surface area (Å²) >= 11 is 0. The summed E-state index contributed by atoms with van der Waals surface area (Å²) in [5.74, 6) is -3.01. The zero-order valence-electron chi connectivity index (χ0n) is 16.0. The van der Waals surface area contributed by atoms with E-state index in [1.54, 1.807) is 26.8 Å². The minimum absolute atomic E-state index is 0.0444. The Balaban J connectivity index is 2.14. The number of allylic oxidation sites excluding steroid dienone is 1. The van der Waals surface area contributed by atoms with Gasteiger partial charge in [-0.25, -0.2) is 9.59 Å². The fraction of sp³-hybridized carbons (Fsp3) is 0.700. The lowest BCUT2D eigenvalue weighted by atomic mass is 9.51. The van der Waals surface area contributed by atoms with Crippen LogP contribution in [0.2, 0.25) is 0 Å². The monoisotopic (exact) mass is 364 g/mol. The first-order valence-corrected chi connectivity index (χ1v) is 9.25. The Hall–Kier alpha value is -1.66. The molecule has 2 aliphatic carbocycles. The van der Waals surface area contributed by atoms with Crippen LogP contribution >= 0.6 is 0 Å². The third-order valence-electron chi connectivity index (χ3n) is 6.97. The number of esters is 2. The number of rotatable bonds is 2.